The predicted molar refractivity (Wildman–Crippen MR) is 116 cm³/mol. The first-order valence-corrected chi connectivity index (χ1v) is 11.0. The Bertz CT molecular complexity index is 1030. The summed E-state index contributed by atoms with van der Waals surface area (Å²) in [7, 11) is 0. The van der Waals surface area contributed by atoms with Gasteiger partial charge in [-0.25, -0.2) is 4.98 Å². The van der Waals surface area contributed by atoms with Gasteiger partial charge in [-0.15, -0.1) is 0 Å². The van der Waals surface area contributed by atoms with Crippen LogP contribution in [-0.4, -0.2) is 57.2 Å². The smallest absolute Gasteiger partial charge is 0.255 e. The molecule has 2 spiro atoms. The summed E-state index contributed by atoms with van der Waals surface area (Å²) in [5.41, 5.74) is 0.370. The van der Waals surface area contributed by atoms with Crippen LogP contribution in [0.2, 0.25) is 5.02 Å². The van der Waals surface area contributed by atoms with E-state index in [1.807, 2.05) is 28.7 Å². The van der Waals surface area contributed by atoms with E-state index < -0.39 is 5.66 Å². The number of carbonyl (C=O) groups excluding carboxylic acids is 2. The molecule has 2 amide bonds. The van der Waals surface area contributed by atoms with Gasteiger partial charge in [0.1, 0.15) is 11.5 Å². The fourth-order valence-corrected chi connectivity index (χ4v) is 5.15. The number of carbonyl (C=O) groups is 2. The van der Waals surface area contributed by atoms with Crippen molar-refractivity contribution in [1.29, 1.82) is 0 Å². The number of nitrogens with zero attached hydrogens (tertiary/aromatic N) is 3. The van der Waals surface area contributed by atoms with Crippen molar-refractivity contribution in [2.75, 3.05) is 25.0 Å². The summed E-state index contributed by atoms with van der Waals surface area (Å²) >= 11 is 6.04. The molecule has 31 heavy (non-hydrogen) atoms. The number of rotatable bonds is 3. The van der Waals surface area contributed by atoms with Crippen LogP contribution in [0.25, 0.3) is 0 Å². The number of piperidine rings is 1. The van der Waals surface area contributed by atoms with Crippen LogP contribution in [0.3, 0.4) is 0 Å². The van der Waals surface area contributed by atoms with E-state index in [0.29, 0.717) is 49.7 Å². The molecule has 1 aromatic heterocycles. The monoisotopic (exact) mass is 443 g/mol. The number of amides is 2. The number of aryl methyl sites for hydroxylation is 2. The molecule has 8 nitrogen and oxygen atoms in total. The second-order valence-corrected chi connectivity index (χ2v) is 9.23. The first-order chi connectivity index (χ1) is 14.9. The third-order valence-corrected chi connectivity index (χ3v) is 6.95. The fraction of sp³-hybridized carbons (Fsp3) is 0.500. The van der Waals surface area contributed by atoms with E-state index >= 15 is 0 Å². The zero-order valence-electron chi connectivity index (χ0n) is 17.5. The number of hydrogen-bond acceptors (Lipinski definition) is 5. The van der Waals surface area contributed by atoms with Crippen molar-refractivity contribution in [1.82, 2.24) is 19.8 Å². The van der Waals surface area contributed by atoms with E-state index in [0.717, 1.165) is 24.4 Å². The highest BCUT2D eigenvalue weighted by molar-refractivity contribution is 6.31. The molecular formula is C22H26ClN5O3. The van der Waals surface area contributed by atoms with Gasteiger partial charge in [0.05, 0.1) is 17.8 Å². The Balaban J connectivity index is 1.20. The van der Waals surface area contributed by atoms with Gasteiger partial charge in [0.25, 0.3) is 5.91 Å². The second kappa shape index (κ2) is 7.53. The topological polar surface area (TPSA) is 88.5 Å². The predicted octanol–water partition coefficient (Wildman–Crippen LogP) is 2.57. The number of nitrogens with one attached hydrogen (secondary N) is 2. The molecule has 3 aliphatic rings. The third kappa shape index (κ3) is 3.78. The molecule has 1 unspecified atom stereocenters. The maximum absolute atomic E-state index is 12.7. The van der Waals surface area contributed by atoms with Gasteiger partial charge in [-0.05, 0) is 38.0 Å². The molecule has 1 atom stereocenters. The minimum Gasteiger partial charge on any atom is -0.370 e. The number of aromatic nitrogens is 2. The van der Waals surface area contributed by atoms with Crippen LogP contribution < -0.4 is 10.6 Å². The normalized spacial score (nSPS) is 24.2. The van der Waals surface area contributed by atoms with E-state index in [1.54, 1.807) is 18.3 Å². The molecule has 164 valence electrons. The molecule has 9 heteroatoms. The van der Waals surface area contributed by atoms with Gasteiger partial charge in [0.2, 0.25) is 5.91 Å². The molecule has 0 radical (unpaired) electrons. The summed E-state index contributed by atoms with van der Waals surface area (Å²) in [4.78, 5) is 31.5. The molecule has 2 saturated heterocycles. The van der Waals surface area contributed by atoms with Gasteiger partial charge in [-0.2, -0.15) is 0 Å². The van der Waals surface area contributed by atoms with Crippen LogP contribution in [0, 0.1) is 6.92 Å². The lowest BCUT2D eigenvalue weighted by Gasteiger charge is -2.41. The van der Waals surface area contributed by atoms with Crippen molar-refractivity contribution in [3.8, 4) is 0 Å². The quantitative estimate of drug-likeness (QED) is 0.761. The van der Waals surface area contributed by atoms with Gasteiger partial charge < -0.3 is 24.8 Å². The Kier molecular flexibility index (Phi) is 4.94. The molecule has 3 aliphatic heterocycles. The number of fused-ring (bicyclic) bond motifs is 1. The lowest BCUT2D eigenvalue weighted by Crippen LogP contribution is -2.59. The zero-order valence-corrected chi connectivity index (χ0v) is 18.2. The summed E-state index contributed by atoms with van der Waals surface area (Å²) in [5.74, 6) is 0.936. The number of imidazole rings is 1. The Morgan fingerprint density at radius 1 is 1.29 bits per heavy atom. The van der Waals surface area contributed by atoms with E-state index in [-0.39, 0.29) is 17.4 Å². The summed E-state index contributed by atoms with van der Waals surface area (Å²) in [6.07, 6.45) is 6.31. The minimum atomic E-state index is -0.622. The van der Waals surface area contributed by atoms with Gasteiger partial charge in [0.15, 0.2) is 0 Å². The minimum absolute atomic E-state index is 0.140. The van der Waals surface area contributed by atoms with Gasteiger partial charge in [-0.3, -0.25) is 9.59 Å². The van der Waals surface area contributed by atoms with Crippen LogP contribution in [0.15, 0.2) is 30.6 Å². The average Bonchev–Trinajstić information content (AvgIpc) is 3.31. The van der Waals surface area contributed by atoms with Crippen LogP contribution in [0.5, 0.6) is 0 Å². The SMILES string of the molecule is Cc1nccn1CCC(=O)N1CCC2(CC1)CC1(CO2)NC(=O)c2cc(Cl)ccc2N1. The van der Waals surface area contributed by atoms with Crippen LogP contribution >= 0.6 is 11.6 Å². The number of likely N-dealkylation sites (tertiary alicyclic amines) is 1. The van der Waals surface area contributed by atoms with Crippen molar-refractivity contribution < 1.29 is 14.3 Å². The largest absolute Gasteiger partial charge is 0.370 e. The lowest BCUT2D eigenvalue weighted by molar-refractivity contribution is -0.136. The van der Waals surface area contributed by atoms with E-state index in [9.17, 15) is 9.59 Å². The molecule has 4 heterocycles. The van der Waals surface area contributed by atoms with Gasteiger partial charge >= 0.3 is 0 Å². The number of ether oxygens (including phenoxy) is 1. The van der Waals surface area contributed by atoms with Crippen LogP contribution in [-0.2, 0) is 16.1 Å². The Hall–Kier alpha value is -2.58. The van der Waals surface area contributed by atoms with Crippen molar-refractivity contribution in [2.24, 2.45) is 0 Å². The molecule has 0 aliphatic carbocycles. The third-order valence-electron chi connectivity index (χ3n) is 6.72. The Labute approximate surface area is 185 Å². The summed E-state index contributed by atoms with van der Waals surface area (Å²) in [5, 5.41) is 7.10. The number of halogens is 1. The highest BCUT2D eigenvalue weighted by atomic mass is 35.5. The molecular weight excluding hydrogens is 418 g/mol. The molecule has 1 aromatic carbocycles. The van der Waals surface area contributed by atoms with Gasteiger partial charge in [0, 0.05) is 55.6 Å². The second-order valence-electron chi connectivity index (χ2n) is 8.80. The zero-order chi connectivity index (χ0) is 21.6. The summed E-state index contributed by atoms with van der Waals surface area (Å²) < 4.78 is 8.27. The maximum Gasteiger partial charge on any atom is 0.255 e. The molecule has 0 bridgehead atoms. The fourth-order valence-electron chi connectivity index (χ4n) is 4.97. The Morgan fingerprint density at radius 3 is 2.84 bits per heavy atom. The van der Waals surface area contributed by atoms with E-state index in [4.69, 9.17) is 16.3 Å². The standard InChI is InChI=1S/C22H26ClN5O3/c1-15-24-7-11-27(15)8-4-19(29)28-9-5-21(6-10-28)13-22(14-31-21)25-18-3-2-16(23)12-17(18)20(30)26-22/h2-3,7,11-12,25H,4-6,8-10,13-14H2,1H3,(H,26,30). The molecule has 2 N–H and O–H groups in total. The number of anilines is 1. The van der Waals surface area contributed by atoms with Crippen molar-refractivity contribution in [3.63, 3.8) is 0 Å². The molecule has 2 aromatic rings. The lowest BCUT2D eigenvalue weighted by atomic mass is 9.84. The number of benzene rings is 1. The van der Waals surface area contributed by atoms with Crippen molar-refractivity contribution in [3.05, 3.63) is 47.0 Å². The van der Waals surface area contributed by atoms with Crippen LogP contribution in [0.1, 0.15) is 41.9 Å². The summed E-state index contributed by atoms with van der Waals surface area (Å²) in [6, 6.07) is 5.29. The molecule has 0 saturated carbocycles. The maximum atomic E-state index is 12.7. The summed E-state index contributed by atoms with van der Waals surface area (Å²) in [6.45, 7) is 4.31. The molecule has 2 fully saturated rings. The first-order valence-electron chi connectivity index (χ1n) is 10.7. The van der Waals surface area contributed by atoms with Gasteiger partial charge in [-0.1, -0.05) is 11.6 Å². The average molecular weight is 444 g/mol. The highest BCUT2D eigenvalue weighted by Crippen LogP contribution is 2.43. The van der Waals surface area contributed by atoms with E-state index in [1.165, 1.54) is 0 Å². The highest BCUT2D eigenvalue weighted by Gasteiger charge is 2.53. The van der Waals surface area contributed by atoms with Crippen LogP contribution in [0.4, 0.5) is 5.69 Å². The molecule has 5 rings (SSSR count). The number of hydrogen-bond donors (Lipinski definition) is 2. The Morgan fingerprint density at radius 2 is 2.10 bits per heavy atom. The van der Waals surface area contributed by atoms with Crippen molar-refractivity contribution >= 4 is 29.1 Å². The van der Waals surface area contributed by atoms with E-state index in [2.05, 4.69) is 15.6 Å². The first kappa shape index (κ1) is 20.3. The van der Waals surface area contributed by atoms with Crippen molar-refractivity contribution in [2.45, 2.75) is 50.4 Å².